The second kappa shape index (κ2) is 255. The van der Waals surface area contributed by atoms with Crippen molar-refractivity contribution >= 4 is 201 Å². The van der Waals surface area contributed by atoms with Crippen LogP contribution < -0.4 is 0 Å². The van der Waals surface area contributed by atoms with Gasteiger partial charge in [0, 0.05) is 8.45 Å². The molecule has 0 rings (SSSR count). The Hall–Kier alpha value is 4.90. The Morgan fingerprint density at radius 1 is 0.833 bits per heavy atom. The van der Waals surface area contributed by atoms with Gasteiger partial charge in [0.25, 0.3) is 0 Å². The lowest BCUT2D eigenvalue weighted by Crippen LogP contribution is -1.66. The molecule has 0 spiro atoms. The Bertz CT molecular complexity index is 87.0. The van der Waals surface area contributed by atoms with Crippen LogP contribution in [0.5, 0.6) is 0 Å². The Morgan fingerprint density at radius 3 is 0.833 bits per heavy atom. The highest BCUT2D eigenvalue weighted by molar-refractivity contribution is 7.79. The number of hydrogen-bond donors (Lipinski definition) is 2. The molecule has 186 valence electrons. The lowest BCUT2D eigenvalue weighted by molar-refractivity contribution is 2.50. The van der Waals surface area contributed by atoms with Gasteiger partial charge in [-0.3, -0.25) is 0 Å². The first-order chi connectivity index (χ1) is 5.97. The molecule has 18 heteroatoms. The summed E-state index contributed by atoms with van der Waals surface area (Å²) in [6.45, 7) is -1.72. The summed E-state index contributed by atoms with van der Waals surface area (Å²) in [5.41, 5.74) is 0. The lowest BCUT2D eigenvalue weighted by atomic mass is 12.0. The molecule has 0 aromatic rings. The molecule has 0 bridgehead atoms. The summed E-state index contributed by atoms with van der Waals surface area (Å²) >= 11 is 31.5. The van der Waals surface area contributed by atoms with E-state index < -0.39 is 14.9 Å². The third-order valence-corrected chi connectivity index (χ3v) is 0. The van der Waals surface area contributed by atoms with E-state index in [-0.39, 0.29) is 154 Å². The summed E-state index contributed by atoms with van der Waals surface area (Å²) in [6.07, 6.45) is 0.389. The van der Waals surface area contributed by atoms with Crippen molar-refractivity contribution in [3.63, 3.8) is 0 Å². The first-order valence-electron chi connectivity index (χ1n) is 3.24. The molecule has 0 radical (unpaired) electrons. The fourth-order valence-electron chi connectivity index (χ4n) is 0. The summed E-state index contributed by atoms with van der Waals surface area (Å²) in [6, 6.07) is 0. The Balaban J connectivity index is -0.00000000160. The second-order valence-electron chi connectivity index (χ2n) is 0.348. The average Bonchev–Trinajstić information content (AvgIpc) is 1.88. The van der Waals surface area contributed by atoms with Crippen LogP contribution in [0.2, 0.25) is 0 Å². The summed E-state index contributed by atoms with van der Waals surface area (Å²) in [5, 5.41) is 0. The van der Waals surface area contributed by atoms with Crippen molar-refractivity contribution in [1.82, 2.24) is 0 Å². The summed E-state index contributed by atoms with van der Waals surface area (Å²) in [5.74, 6) is 0. The van der Waals surface area contributed by atoms with Crippen LogP contribution in [-0.4, -0.2) is 71.2 Å². The summed E-state index contributed by atoms with van der Waals surface area (Å²) in [4.78, 5) is 0. The number of rotatable bonds is 0. The summed E-state index contributed by atoms with van der Waals surface area (Å²) in [7, 11) is -0.639. The Labute approximate surface area is 249 Å². The van der Waals surface area contributed by atoms with E-state index in [0.29, 0.717) is 0 Å². The van der Waals surface area contributed by atoms with Crippen LogP contribution in [0.25, 0.3) is 0 Å². The Kier molecular flexibility index (Phi) is 1240. The molecule has 0 saturated carbocycles. The van der Waals surface area contributed by atoms with Crippen LogP contribution in [0.3, 0.4) is 0 Å². The molecule has 0 nitrogen and oxygen atoms in total. The van der Waals surface area contributed by atoms with Gasteiger partial charge >= 0.3 is 6.73 Å². The molecular formula is C6H56Cl10S2Si6. The van der Waals surface area contributed by atoms with Crippen molar-refractivity contribution in [3.8, 4) is 0 Å². The first kappa shape index (κ1) is 116. The quantitative estimate of drug-likeness (QED) is 0.215. The van der Waals surface area contributed by atoms with Crippen molar-refractivity contribution in [2.24, 2.45) is 0 Å². The number of halogens is 10. The van der Waals surface area contributed by atoms with E-state index in [1.54, 1.807) is 0 Å². The third kappa shape index (κ3) is 751. The maximum absolute atomic E-state index is 6.07. The molecule has 0 N–H and O–H groups in total. The molecule has 24 heavy (non-hydrogen) atoms. The first-order valence-corrected chi connectivity index (χ1v) is 12.6. The molecule has 0 saturated heterocycles. The van der Waals surface area contributed by atoms with Gasteiger partial charge in [0.1, 0.15) is 0 Å². The number of hydrogen-bond acceptors (Lipinski definition) is 2. The van der Waals surface area contributed by atoms with E-state index in [9.17, 15) is 0 Å². The van der Waals surface area contributed by atoms with Gasteiger partial charge in [0.2, 0.25) is 8.14 Å². The maximum atomic E-state index is 6.07. The fraction of sp³-hybridized carbons (Fsp3) is 1.00. The normalized spacial score (nSPS) is 3.83. The molecule has 0 fully saturated rings. The zero-order chi connectivity index (χ0) is 11.7. The van der Waals surface area contributed by atoms with Crippen molar-refractivity contribution in [2.75, 3.05) is 12.5 Å². The Morgan fingerprint density at radius 2 is 0.833 bits per heavy atom. The van der Waals surface area contributed by atoms with Crippen LogP contribution in [0, 0.1) is 0 Å². The van der Waals surface area contributed by atoms with E-state index in [4.69, 9.17) is 58.1 Å². The van der Waals surface area contributed by atoms with Gasteiger partial charge in [-0.25, -0.2) is 0 Å². The highest BCUT2D eigenvalue weighted by Crippen LogP contribution is 1.97. The predicted molar refractivity (Wildman–Crippen MR) is 192 cm³/mol. The maximum Gasteiger partial charge on any atom is 0.326 e. The smallest absolute Gasteiger partial charge is 0.183 e. The van der Waals surface area contributed by atoms with E-state index in [2.05, 4.69) is 25.3 Å². The van der Waals surface area contributed by atoms with E-state index in [0.717, 1.165) is 0 Å². The van der Waals surface area contributed by atoms with Crippen LogP contribution >= 0.6 is 143 Å². The highest BCUT2D eigenvalue weighted by Gasteiger charge is 1.85. The van der Waals surface area contributed by atoms with Crippen LogP contribution in [0.4, 0.5) is 0 Å². The molecule has 0 aromatic carbocycles. The van der Waals surface area contributed by atoms with Crippen LogP contribution in [0.1, 0.15) is 38.2 Å². The van der Waals surface area contributed by atoms with Crippen molar-refractivity contribution in [3.05, 3.63) is 0 Å². The lowest BCUT2D eigenvalue weighted by Gasteiger charge is -1.65. The van der Waals surface area contributed by atoms with E-state index >= 15 is 0 Å². The molecule has 0 aliphatic rings. The molecule has 0 aliphatic heterocycles. The minimum absolute atomic E-state index is 0. The molecule has 0 amide bonds. The number of thiol groups is 2. The van der Waals surface area contributed by atoms with Crippen LogP contribution in [-0.2, 0) is 0 Å². The molecule has 0 unspecified atom stereocenters. The molecule has 0 atom stereocenters. The summed E-state index contributed by atoms with van der Waals surface area (Å²) < 4.78 is 12.1. The minimum atomic E-state index is -1.72. The zero-order valence-electron chi connectivity index (χ0n) is 9.52. The van der Waals surface area contributed by atoms with Gasteiger partial charge in [0.15, 0.2) is 0 Å². The molecule has 0 heterocycles. The minimum Gasteiger partial charge on any atom is -0.183 e. The van der Waals surface area contributed by atoms with Gasteiger partial charge in [-0.2, -0.15) is 47.4 Å². The van der Waals surface area contributed by atoms with Gasteiger partial charge in [0.05, 0.1) is 0 Å². The highest BCUT2D eigenvalue weighted by atomic mass is 35.8. The van der Waals surface area contributed by atoms with E-state index in [1.807, 2.05) is 0 Å². The predicted octanol–water partition coefficient (Wildman–Crippen LogP) is 2.81. The molecule has 0 aliphatic carbocycles. The van der Waals surface area contributed by atoms with E-state index in [1.165, 1.54) is 0 Å². The molecular weight excluding hydrogens is 659 g/mol. The second-order valence-corrected chi connectivity index (χ2v) is 9.41. The largest absolute Gasteiger partial charge is 0.326 e. The molecule has 0 aromatic heterocycles. The van der Waals surface area contributed by atoms with Crippen molar-refractivity contribution in [1.29, 1.82) is 0 Å². The van der Waals surface area contributed by atoms with Gasteiger partial charge in [-0.15, -0.1) is 95.3 Å². The van der Waals surface area contributed by atoms with Gasteiger partial charge in [-0.1, -0.05) is 29.7 Å². The van der Waals surface area contributed by atoms with Crippen LogP contribution in [0.15, 0.2) is 0 Å². The van der Waals surface area contributed by atoms with Gasteiger partial charge < -0.3 is 0 Å². The van der Waals surface area contributed by atoms with Gasteiger partial charge in [-0.05, 0) is 56.3 Å². The third-order valence-electron chi connectivity index (χ3n) is 0. The topological polar surface area (TPSA) is 0 Å². The fourth-order valence-corrected chi connectivity index (χ4v) is 0. The average molecular weight is 719 g/mol. The monoisotopic (exact) mass is 713 g/mol. The zero-order valence-corrected chi connectivity index (χ0v) is 19.7. The SMILES string of the molecule is C.C.C.C.Cl.Cl.Cl.Cl.Cl.Cl[SiH2]Cl.Cl[SiH](Cl)Cl.[2H]CS.[3H]CS.[HH].[HH].[HH].[HH].[SiH4].[SiH4].[SiH4].[SiH4]. The van der Waals surface area contributed by atoms with Crippen molar-refractivity contribution < 1.29 is 8.45 Å². The standard InChI is InChI=1S/2CH4S.4CH4.Cl3HSi.Cl2H2Si.5ClH.4H4Si.4H2/c2*1-2;;;;;1-4(2)3;1-3-2;;;;;;;;;;;;;/h2*2H,1H3;4*1H4;4H;3H2;5*1H;4*1H4;4*1H/i1T;1D;;;;;;;;;;;;;;;;;;;. The van der Waals surface area contributed by atoms with Crippen molar-refractivity contribution in [2.45, 2.75) is 29.7 Å².